The maximum atomic E-state index is 13.3. The van der Waals surface area contributed by atoms with Gasteiger partial charge in [0, 0.05) is 20.3 Å². The van der Waals surface area contributed by atoms with Gasteiger partial charge in [0.05, 0.1) is 6.04 Å². The average Bonchev–Trinajstić information content (AvgIpc) is 2.27. The van der Waals surface area contributed by atoms with Gasteiger partial charge >= 0.3 is 0 Å². The number of rotatable bonds is 4. The maximum Gasteiger partial charge on any atom is 0.261 e. The van der Waals surface area contributed by atoms with Crippen molar-refractivity contribution in [3.05, 3.63) is 24.1 Å². The molecule has 0 spiro atoms. The number of amides is 1. The van der Waals surface area contributed by atoms with E-state index in [1.165, 1.54) is 32.0 Å². The number of carbonyl (C=O) groups is 1. The van der Waals surface area contributed by atoms with Crippen molar-refractivity contribution in [3.8, 4) is 0 Å². The smallest absolute Gasteiger partial charge is 0.261 e. The number of likely N-dealkylation sites (N-methyl/N-ethyl adjacent to an activating group) is 1. The maximum absolute atomic E-state index is 13.3. The van der Waals surface area contributed by atoms with E-state index in [9.17, 15) is 17.6 Å². The minimum atomic E-state index is -4.15. The molecule has 0 saturated heterocycles. The first-order valence-electron chi connectivity index (χ1n) is 5.09. The number of carbonyl (C=O) groups excluding carboxylic acids is 1. The van der Waals surface area contributed by atoms with E-state index in [-0.39, 0.29) is 0 Å². The predicted octanol–water partition coefficient (Wildman–Crippen LogP) is -0.0243. The molecule has 0 radical (unpaired) electrons. The zero-order valence-electron chi connectivity index (χ0n) is 10.2. The molecule has 0 aliphatic heterocycles. The lowest BCUT2D eigenvalue weighted by Crippen LogP contribution is -2.44. The third-order valence-electron chi connectivity index (χ3n) is 2.12. The Kier molecular flexibility index (Phi) is 4.36. The largest absolute Gasteiger partial charge is 0.347 e. The van der Waals surface area contributed by atoms with Crippen LogP contribution in [0.3, 0.4) is 0 Å². The van der Waals surface area contributed by atoms with Crippen molar-refractivity contribution in [1.29, 1.82) is 0 Å². The molecule has 0 bridgehead atoms. The van der Waals surface area contributed by atoms with Crippen molar-refractivity contribution in [1.82, 2.24) is 14.6 Å². The van der Waals surface area contributed by atoms with E-state index in [1.54, 1.807) is 0 Å². The fourth-order valence-electron chi connectivity index (χ4n) is 1.30. The summed E-state index contributed by atoms with van der Waals surface area (Å²) in [7, 11) is -1.16. The Morgan fingerprint density at radius 3 is 2.61 bits per heavy atom. The molecule has 1 N–H and O–H groups in total. The van der Waals surface area contributed by atoms with Crippen molar-refractivity contribution in [2.75, 3.05) is 14.1 Å². The van der Waals surface area contributed by atoms with Crippen LogP contribution in [0.4, 0.5) is 4.39 Å². The Morgan fingerprint density at radius 1 is 1.50 bits per heavy atom. The molecule has 100 valence electrons. The Labute approximate surface area is 105 Å². The fraction of sp³-hybridized carbons (Fsp3) is 0.400. The van der Waals surface area contributed by atoms with Gasteiger partial charge in [-0.2, -0.15) is 4.72 Å². The molecule has 0 saturated carbocycles. The van der Waals surface area contributed by atoms with E-state index in [4.69, 9.17) is 0 Å². The Hall–Kier alpha value is -1.54. The summed E-state index contributed by atoms with van der Waals surface area (Å²) < 4.78 is 39.0. The summed E-state index contributed by atoms with van der Waals surface area (Å²) in [5.41, 5.74) is 0. The van der Waals surface area contributed by atoms with E-state index in [0.29, 0.717) is 0 Å². The highest BCUT2D eigenvalue weighted by Gasteiger charge is 2.26. The van der Waals surface area contributed by atoms with Gasteiger partial charge in [0.1, 0.15) is 0 Å². The summed E-state index contributed by atoms with van der Waals surface area (Å²) in [4.78, 5) is 16.2. The van der Waals surface area contributed by atoms with Crippen molar-refractivity contribution >= 4 is 15.9 Å². The zero-order valence-corrected chi connectivity index (χ0v) is 11.0. The van der Waals surface area contributed by atoms with Crippen LogP contribution in [0.2, 0.25) is 0 Å². The first-order chi connectivity index (χ1) is 8.25. The standard InChI is InChI=1S/C10H14FN3O3S/c1-7(10(15)14(2)3)13-18(16,17)9-8(11)5-4-6-12-9/h4-7,13H,1-3H3. The molecule has 0 fully saturated rings. The summed E-state index contributed by atoms with van der Waals surface area (Å²) in [5, 5.41) is -0.719. The lowest BCUT2D eigenvalue weighted by molar-refractivity contribution is -0.130. The third-order valence-corrected chi connectivity index (χ3v) is 3.60. The van der Waals surface area contributed by atoms with Gasteiger partial charge in [-0.3, -0.25) is 4.79 Å². The predicted molar refractivity (Wildman–Crippen MR) is 62.7 cm³/mol. The topological polar surface area (TPSA) is 79.4 Å². The number of sulfonamides is 1. The molecule has 1 atom stereocenters. The van der Waals surface area contributed by atoms with Crippen LogP contribution in [0.25, 0.3) is 0 Å². The molecule has 8 heteroatoms. The minimum Gasteiger partial charge on any atom is -0.347 e. The molecule has 18 heavy (non-hydrogen) atoms. The molecule has 1 heterocycles. The van der Waals surface area contributed by atoms with E-state index < -0.39 is 32.8 Å². The second kappa shape index (κ2) is 5.40. The first kappa shape index (κ1) is 14.5. The van der Waals surface area contributed by atoms with Crippen LogP contribution in [-0.4, -0.2) is 44.3 Å². The Bertz CT molecular complexity index is 545. The van der Waals surface area contributed by atoms with Crippen molar-refractivity contribution < 1.29 is 17.6 Å². The molecule has 1 aromatic heterocycles. The lowest BCUT2D eigenvalue weighted by Gasteiger charge is -2.17. The van der Waals surface area contributed by atoms with Crippen LogP contribution in [0.15, 0.2) is 23.4 Å². The van der Waals surface area contributed by atoms with Crippen LogP contribution >= 0.6 is 0 Å². The summed E-state index contributed by atoms with van der Waals surface area (Å²) in [5.74, 6) is -1.40. The van der Waals surface area contributed by atoms with Gasteiger partial charge in [-0.1, -0.05) is 0 Å². The molecule has 1 rings (SSSR count). The van der Waals surface area contributed by atoms with Gasteiger partial charge in [0.2, 0.25) is 10.9 Å². The quantitative estimate of drug-likeness (QED) is 0.837. The first-order valence-corrected chi connectivity index (χ1v) is 6.58. The minimum absolute atomic E-state index is 0.435. The van der Waals surface area contributed by atoms with E-state index in [1.807, 2.05) is 0 Å². The SMILES string of the molecule is CC(NS(=O)(=O)c1ncccc1F)C(=O)N(C)C. The molecule has 1 amide bonds. The number of aromatic nitrogens is 1. The van der Waals surface area contributed by atoms with Crippen LogP contribution in [0.5, 0.6) is 0 Å². The molecule has 6 nitrogen and oxygen atoms in total. The van der Waals surface area contributed by atoms with Gasteiger partial charge in [-0.15, -0.1) is 0 Å². The summed E-state index contributed by atoms with van der Waals surface area (Å²) in [6.45, 7) is 1.38. The normalized spacial score (nSPS) is 13.1. The lowest BCUT2D eigenvalue weighted by atomic mass is 10.3. The number of pyridine rings is 1. The molecule has 0 aliphatic carbocycles. The van der Waals surface area contributed by atoms with Gasteiger partial charge in [-0.25, -0.2) is 17.8 Å². The zero-order chi connectivity index (χ0) is 13.9. The third kappa shape index (κ3) is 3.23. The van der Waals surface area contributed by atoms with Gasteiger partial charge in [0.25, 0.3) is 10.0 Å². The fourth-order valence-corrected chi connectivity index (χ4v) is 2.50. The van der Waals surface area contributed by atoms with Crippen molar-refractivity contribution in [2.45, 2.75) is 18.0 Å². The van der Waals surface area contributed by atoms with Crippen LogP contribution in [-0.2, 0) is 14.8 Å². The Morgan fingerprint density at radius 2 is 2.11 bits per heavy atom. The molecule has 0 aliphatic rings. The second-order valence-electron chi connectivity index (χ2n) is 3.87. The van der Waals surface area contributed by atoms with Gasteiger partial charge in [0.15, 0.2) is 5.82 Å². The highest BCUT2D eigenvalue weighted by Crippen LogP contribution is 2.10. The van der Waals surface area contributed by atoms with Crippen molar-refractivity contribution in [3.63, 3.8) is 0 Å². The summed E-state index contributed by atoms with van der Waals surface area (Å²) in [6.07, 6.45) is 1.16. The summed E-state index contributed by atoms with van der Waals surface area (Å²) >= 11 is 0. The average molecular weight is 275 g/mol. The van der Waals surface area contributed by atoms with E-state index >= 15 is 0 Å². The molecular weight excluding hydrogens is 261 g/mol. The Balaban J connectivity index is 2.97. The highest BCUT2D eigenvalue weighted by molar-refractivity contribution is 7.89. The van der Waals surface area contributed by atoms with Crippen LogP contribution in [0.1, 0.15) is 6.92 Å². The molecule has 1 unspecified atom stereocenters. The van der Waals surface area contributed by atoms with E-state index in [2.05, 4.69) is 9.71 Å². The monoisotopic (exact) mass is 275 g/mol. The van der Waals surface area contributed by atoms with Gasteiger partial charge in [-0.05, 0) is 19.1 Å². The van der Waals surface area contributed by atoms with Crippen molar-refractivity contribution in [2.24, 2.45) is 0 Å². The van der Waals surface area contributed by atoms with Crippen LogP contribution < -0.4 is 4.72 Å². The van der Waals surface area contributed by atoms with E-state index in [0.717, 1.165) is 12.3 Å². The van der Waals surface area contributed by atoms with Crippen LogP contribution in [0, 0.1) is 5.82 Å². The number of halogens is 1. The molecule has 0 aromatic carbocycles. The second-order valence-corrected chi connectivity index (χ2v) is 5.50. The molecular formula is C10H14FN3O3S. The van der Waals surface area contributed by atoms with Gasteiger partial charge < -0.3 is 4.90 Å². The number of hydrogen-bond acceptors (Lipinski definition) is 4. The summed E-state index contributed by atoms with van der Waals surface area (Å²) in [6, 6.07) is 1.27. The molecule has 1 aromatic rings. The number of nitrogens with one attached hydrogen (secondary N) is 1. The number of nitrogens with zero attached hydrogens (tertiary/aromatic N) is 2. The number of hydrogen-bond donors (Lipinski definition) is 1. The highest BCUT2D eigenvalue weighted by atomic mass is 32.2.